The molecule has 0 fully saturated rings. The van der Waals surface area contributed by atoms with E-state index in [9.17, 15) is 37.4 Å². The van der Waals surface area contributed by atoms with E-state index in [2.05, 4.69) is 21.8 Å². The summed E-state index contributed by atoms with van der Waals surface area (Å²) in [6, 6.07) is 18.7. The minimum Gasteiger partial charge on any atom is -0.497 e. The van der Waals surface area contributed by atoms with Crippen LogP contribution in [0.4, 0.5) is 17.6 Å². The first-order valence-corrected chi connectivity index (χ1v) is 19.4. The number of ether oxygens (including phenoxy) is 4. The first kappa shape index (κ1) is 44.6. The summed E-state index contributed by atoms with van der Waals surface area (Å²) < 4.78 is 77.1. The molecule has 0 aliphatic heterocycles. The number of benzene rings is 4. The van der Waals surface area contributed by atoms with Gasteiger partial charge in [0.1, 0.15) is 50.0 Å². The van der Waals surface area contributed by atoms with Crippen molar-refractivity contribution >= 4 is 34.5 Å². The average Bonchev–Trinajstić information content (AvgIpc) is 3.92. The van der Waals surface area contributed by atoms with Gasteiger partial charge in [-0.15, -0.1) is 22.7 Å². The minimum absolute atomic E-state index is 0.334. The molecule has 0 radical (unpaired) electrons. The van der Waals surface area contributed by atoms with Crippen molar-refractivity contribution < 1.29 is 56.3 Å². The van der Waals surface area contributed by atoms with Gasteiger partial charge in [-0.1, -0.05) is 18.1 Å². The molecule has 0 saturated carbocycles. The second kappa shape index (κ2) is 20.9. The number of hydrogen-bond acceptors (Lipinski definition) is 12. The van der Waals surface area contributed by atoms with Crippen molar-refractivity contribution in [1.29, 1.82) is 0 Å². The highest BCUT2D eigenvalue weighted by molar-refractivity contribution is 7.10. The molecule has 2 heterocycles. The molecule has 0 aliphatic carbocycles. The first-order valence-electron chi connectivity index (χ1n) is 17.6. The molecule has 2 amide bonds. The zero-order valence-electron chi connectivity index (χ0n) is 31.8. The van der Waals surface area contributed by atoms with Crippen molar-refractivity contribution in [1.82, 2.24) is 9.97 Å². The Balaban J connectivity index is 0.000000228. The summed E-state index contributed by atoms with van der Waals surface area (Å²) in [5.41, 5.74) is 11.3. The van der Waals surface area contributed by atoms with E-state index in [0.29, 0.717) is 27.9 Å². The van der Waals surface area contributed by atoms with Gasteiger partial charge in [0.15, 0.2) is 35.3 Å². The van der Waals surface area contributed by atoms with E-state index in [1.807, 2.05) is 29.6 Å². The van der Waals surface area contributed by atoms with Crippen molar-refractivity contribution in [3.05, 3.63) is 150 Å². The molecule has 2 aromatic heterocycles. The Bertz CT molecular complexity index is 2490. The van der Waals surface area contributed by atoms with Crippen LogP contribution >= 0.6 is 22.7 Å². The Morgan fingerprint density at radius 2 is 1.15 bits per heavy atom. The van der Waals surface area contributed by atoms with Gasteiger partial charge in [-0.2, -0.15) is 0 Å². The van der Waals surface area contributed by atoms with Gasteiger partial charge in [-0.25, -0.2) is 27.5 Å². The van der Waals surface area contributed by atoms with E-state index < -0.39 is 77.4 Å². The van der Waals surface area contributed by atoms with E-state index in [4.69, 9.17) is 30.4 Å². The number of halogens is 4. The number of rotatable bonds is 15. The molecule has 18 heteroatoms. The van der Waals surface area contributed by atoms with Crippen LogP contribution < -0.4 is 30.4 Å². The maximum Gasteiger partial charge on any atom is 0.254 e. The fourth-order valence-corrected chi connectivity index (χ4v) is 6.93. The molecule has 6 rings (SSSR count). The fraction of sp³-hybridized carbons (Fsp3) is 0.190. The quantitative estimate of drug-likeness (QED) is 0.0658. The third kappa shape index (κ3) is 11.4. The molecule has 6 aromatic rings. The van der Waals surface area contributed by atoms with Gasteiger partial charge in [-0.3, -0.25) is 9.59 Å². The first-order chi connectivity index (χ1) is 28.8. The monoisotopic (exact) mass is 864 g/mol. The van der Waals surface area contributed by atoms with Gasteiger partial charge in [-0.05, 0) is 85.0 Å². The van der Waals surface area contributed by atoms with Crippen molar-refractivity contribution in [2.24, 2.45) is 11.5 Å². The smallest absolute Gasteiger partial charge is 0.254 e. The van der Waals surface area contributed by atoms with Crippen LogP contribution in [0.5, 0.6) is 23.0 Å². The summed E-state index contributed by atoms with van der Waals surface area (Å²) >= 11 is 2.41. The summed E-state index contributed by atoms with van der Waals surface area (Å²) in [5, 5.41) is 23.6. The number of carbonyl (C=O) groups excluding carboxylic acids is 2. The number of carbonyl (C=O) groups is 2. The number of nitrogens with two attached hydrogens (primary N) is 2. The summed E-state index contributed by atoms with van der Waals surface area (Å²) in [6.45, 7) is -1.00. The van der Waals surface area contributed by atoms with E-state index in [0.717, 1.165) is 64.6 Å². The van der Waals surface area contributed by atoms with Gasteiger partial charge < -0.3 is 40.6 Å². The zero-order valence-corrected chi connectivity index (χ0v) is 33.4. The summed E-state index contributed by atoms with van der Waals surface area (Å²) in [6.07, 6.45) is -0.581. The predicted molar refractivity (Wildman–Crippen MR) is 214 cm³/mol. The van der Waals surface area contributed by atoms with E-state index >= 15 is 0 Å². The molecule has 6 N–H and O–H groups in total. The second-order valence-electron chi connectivity index (χ2n) is 12.4. The molecule has 4 aromatic carbocycles. The Kier molecular flexibility index (Phi) is 15.6. The van der Waals surface area contributed by atoms with Crippen LogP contribution in [0.25, 0.3) is 0 Å². The van der Waals surface area contributed by atoms with Gasteiger partial charge in [0.25, 0.3) is 11.8 Å². The normalized spacial score (nSPS) is 11.6. The van der Waals surface area contributed by atoms with Crippen LogP contribution in [0, 0.1) is 35.1 Å². The predicted octanol–water partition coefficient (Wildman–Crippen LogP) is 6.47. The molecule has 2 atom stereocenters. The van der Waals surface area contributed by atoms with Crippen LogP contribution in [0.1, 0.15) is 65.5 Å². The van der Waals surface area contributed by atoms with Crippen LogP contribution in [-0.4, -0.2) is 59.4 Å². The molecule has 0 aliphatic rings. The number of aliphatic hydroxyl groups is 2. The lowest BCUT2D eigenvalue weighted by Gasteiger charge is -2.16. The van der Waals surface area contributed by atoms with E-state index in [1.54, 1.807) is 43.9 Å². The largest absolute Gasteiger partial charge is 0.497 e. The standard InChI is InChI=1S/C21H20F2N2O4S.C21H16F2N2O4S/c2*1-28-14-6-3-12(4-7-14)2-5-13-11-30-21(25-13)17(10-26)29-16-9-8-15(22)18(19(16)23)20(24)27/h3-4,6-9,11,17,26H,2,5,10H2,1H3,(H2,24,27);3-4,6-9,11,17,26H,10H2,1H3,(H2,24,27). The average molecular weight is 865 g/mol. The zero-order chi connectivity index (χ0) is 43.3. The molecule has 2 unspecified atom stereocenters. The number of hydrogen-bond donors (Lipinski definition) is 4. The highest BCUT2D eigenvalue weighted by Crippen LogP contribution is 2.31. The Hall–Kier alpha value is -6.52. The maximum atomic E-state index is 14.4. The highest BCUT2D eigenvalue weighted by Gasteiger charge is 2.25. The highest BCUT2D eigenvalue weighted by atomic mass is 32.1. The van der Waals surface area contributed by atoms with Crippen molar-refractivity contribution in [3.63, 3.8) is 0 Å². The Morgan fingerprint density at radius 3 is 1.63 bits per heavy atom. The Morgan fingerprint density at radius 1 is 0.667 bits per heavy atom. The number of nitrogens with zero attached hydrogens (tertiary/aromatic N) is 2. The third-order valence-electron chi connectivity index (χ3n) is 8.37. The van der Waals surface area contributed by atoms with Gasteiger partial charge in [0, 0.05) is 16.3 Å². The number of methoxy groups -OCH3 is 2. The molecule has 0 bridgehead atoms. The molecular weight excluding hydrogens is 829 g/mol. The molecule has 312 valence electrons. The fourth-order valence-electron chi connectivity index (χ4n) is 5.29. The van der Waals surface area contributed by atoms with Gasteiger partial charge in [0.05, 0.1) is 33.1 Å². The minimum atomic E-state index is -1.26. The number of aromatic nitrogens is 2. The topological polar surface area (TPSA) is 189 Å². The summed E-state index contributed by atoms with van der Waals surface area (Å²) in [7, 11) is 3.18. The van der Waals surface area contributed by atoms with E-state index in [-0.39, 0.29) is 5.75 Å². The summed E-state index contributed by atoms with van der Waals surface area (Å²) in [4.78, 5) is 31.3. The summed E-state index contributed by atoms with van der Waals surface area (Å²) in [5.74, 6) is -0.613. The van der Waals surface area contributed by atoms with Crippen LogP contribution in [-0.2, 0) is 12.8 Å². The lowest BCUT2D eigenvalue weighted by Crippen LogP contribution is -2.18. The van der Waals surface area contributed by atoms with Crippen LogP contribution in [0.3, 0.4) is 0 Å². The second-order valence-corrected chi connectivity index (χ2v) is 14.1. The van der Waals surface area contributed by atoms with Crippen molar-refractivity contribution in [3.8, 4) is 34.8 Å². The number of amides is 2. The number of aryl methyl sites for hydroxylation is 2. The maximum absolute atomic E-state index is 14.4. The number of aliphatic hydroxyl groups excluding tert-OH is 2. The molecule has 0 spiro atoms. The SMILES string of the molecule is COc1ccc(C#Cc2csc(C(CO)Oc3ccc(F)c(C(N)=O)c3F)n2)cc1.COc1ccc(CCc2csc(C(CO)Oc3ccc(F)c(C(N)=O)c3F)n2)cc1. The number of thiazole rings is 2. The van der Waals surface area contributed by atoms with Crippen molar-refractivity contribution in [2.75, 3.05) is 27.4 Å². The van der Waals surface area contributed by atoms with Gasteiger partial charge in [0.2, 0.25) is 0 Å². The van der Waals surface area contributed by atoms with E-state index in [1.165, 1.54) is 11.3 Å². The lowest BCUT2D eigenvalue weighted by atomic mass is 10.1. The van der Waals surface area contributed by atoms with Crippen LogP contribution in [0.2, 0.25) is 0 Å². The lowest BCUT2D eigenvalue weighted by molar-refractivity contribution is 0.0973. The number of primary amides is 2. The molecule has 0 saturated heterocycles. The van der Waals surface area contributed by atoms with Crippen molar-refractivity contribution in [2.45, 2.75) is 25.0 Å². The third-order valence-corrected chi connectivity index (χ3v) is 10.3. The van der Waals surface area contributed by atoms with Gasteiger partial charge >= 0.3 is 0 Å². The molecule has 12 nitrogen and oxygen atoms in total. The molecule has 60 heavy (non-hydrogen) atoms. The Labute approximate surface area is 349 Å². The van der Waals surface area contributed by atoms with Crippen LogP contribution in [0.15, 0.2) is 83.6 Å². The molecular formula is C42H36F4N4O8S2.